The van der Waals surface area contributed by atoms with Crippen LogP contribution in [0.5, 0.6) is 0 Å². The Kier molecular flexibility index (Phi) is 6.25. The van der Waals surface area contributed by atoms with Crippen LogP contribution in [0.3, 0.4) is 0 Å². The first-order valence-corrected chi connectivity index (χ1v) is 7.88. The Labute approximate surface area is 129 Å². The van der Waals surface area contributed by atoms with Gasteiger partial charge in [0.25, 0.3) is 5.91 Å². The summed E-state index contributed by atoms with van der Waals surface area (Å²) in [6.45, 7) is 14.5. The maximum atomic E-state index is 12.4. The average Bonchev–Trinajstić information content (AvgIpc) is 2.41. The molecule has 0 saturated carbocycles. The van der Waals surface area contributed by atoms with Crippen molar-refractivity contribution in [2.45, 2.75) is 48.0 Å². The van der Waals surface area contributed by atoms with Gasteiger partial charge in [-0.3, -0.25) is 4.79 Å². The number of hydrogen-bond donors (Lipinski definition) is 2. The van der Waals surface area contributed by atoms with Crippen molar-refractivity contribution in [1.82, 2.24) is 5.32 Å². The molecule has 0 bridgehead atoms. The standard InChI is InChI=1S/C18H30N2O/c1-7-10-19-16-11-13(2)8-9-15(16)17(21)20-12-14(3)18(4,5)6/h8-9,11,14,19H,7,10,12H2,1-6H3,(H,20,21). The van der Waals surface area contributed by atoms with Gasteiger partial charge in [-0.15, -0.1) is 0 Å². The fourth-order valence-corrected chi connectivity index (χ4v) is 1.91. The Bertz CT molecular complexity index is 475. The van der Waals surface area contributed by atoms with Crippen molar-refractivity contribution < 1.29 is 4.79 Å². The van der Waals surface area contributed by atoms with E-state index in [1.54, 1.807) is 0 Å². The fourth-order valence-electron chi connectivity index (χ4n) is 1.91. The predicted octanol–water partition coefficient (Wildman–Crippen LogP) is 4.23. The Balaban J connectivity index is 2.77. The Morgan fingerprint density at radius 3 is 2.52 bits per heavy atom. The zero-order valence-electron chi connectivity index (χ0n) is 14.3. The highest BCUT2D eigenvalue weighted by atomic mass is 16.1. The van der Waals surface area contributed by atoms with Crippen molar-refractivity contribution >= 4 is 11.6 Å². The Hall–Kier alpha value is -1.51. The number of hydrogen-bond acceptors (Lipinski definition) is 2. The number of anilines is 1. The fraction of sp³-hybridized carbons (Fsp3) is 0.611. The monoisotopic (exact) mass is 290 g/mol. The van der Waals surface area contributed by atoms with Gasteiger partial charge in [0.05, 0.1) is 5.56 Å². The molecular weight excluding hydrogens is 260 g/mol. The number of benzene rings is 1. The van der Waals surface area contributed by atoms with E-state index in [2.05, 4.69) is 45.3 Å². The summed E-state index contributed by atoms with van der Waals surface area (Å²) in [7, 11) is 0. The van der Waals surface area contributed by atoms with E-state index in [1.807, 2.05) is 25.1 Å². The van der Waals surface area contributed by atoms with Crippen LogP contribution < -0.4 is 10.6 Å². The van der Waals surface area contributed by atoms with Crippen LogP contribution in [0.1, 0.15) is 57.0 Å². The van der Waals surface area contributed by atoms with Crippen LogP contribution in [-0.2, 0) is 0 Å². The molecule has 0 aliphatic rings. The van der Waals surface area contributed by atoms with Crippen molar-refractivity contribution in [2.24, 2.45) is 11.3 Å². The van der Waals surface area contributed by atoms with Crippen LogP contribution in [0.4, 0.5) is 5.69 Å². The summed E-state index contributed by atoms with van der Waals surface area (Å²) in [5.41, 5.74) is 3.02. The minimum atomic E-state index is 0.00435. The molecule has 3 nitrogen and oxygen atoms in total. The summed E-state index contributed by atoms with van der Waals surface area (Å²) in [6, 6.07) is 5.93. The molecule has 0 aromatic heterocycles. The van der Waals surface area contributed by atoms with Gasteiger partial charge in [0.2, 0.25) is 0 Å². The van der Waals surface area contributed by atoms with Gasteiger partial charge < -0.3 is 10.6 Å². The van der Waals surface area contributed by atoms with E-state index in [0.717, 1.165) is 29.8 Å². The zero-order valence-corrected chi connectivity index (χ0v) is 14.3. The molecule has 2 N–H and O–H groups in total. The largest absolute Gasteiger partial charge is 0.384 e. The molecule has 0 saturated heterocycles. The number of aryl methyl sites for hydroxylation is 1. The second-order valence-electron chi connectivity index (χ2n) is 6.95. The van der Waals surface area contributed by atoms with Crippen molar-refractivity contribution in [3.63, 3.8) is 0 Å². The highest BCUT2D eigenvalue weighted by Crippen LogP contribution is 2.24. The molecule has 0 aliphatic carbocycles. The molecule has 0 spiro atoms. The molecule has 0 fully saturated rings. The molecule has 0 aliphatic heterocycles. The Morgan fingerprint density at radius 1 is 1.29 bits per heavy atom. The molecule has 1 amide bonds. The average molecular weight is 290 g/mol. The maximum Gasteiger partial charge on any atom is 0.253 e. The summed E-state index contributed by atoms with van der Waals surface area (Å²) >= 11 is 0. The molecule has 118 valence electrons. The SMILES string of the molecule is CCCNc1cc(C)ccc1C(=O)NCC(C)C(C)(C)C. The van der Waals surface area contributed by atoms with E-state index in [-0.39, 0.29) is 11.3 Å². The van der Waals surface area contributed by atoms with Crippen molar-refractivity contribution in [2.75, 3.05) is 18.4 Å². The first kappa shape index (κ1) is 17.5. The van der Waals surface area contributed by atoms with E-state index in [9.17, 15) is 4.79 Å². The van der Waals surface area contributed by atoms with E-state index in [1.165, 1.54) is 0 Å². The van der Waals surface area contributed by atoms with Crippen molar-refractivity contribution in [3.05, 3.63) is 29.3 Å². The van der Waals surface area contributed by atoms with Crippen molar-refractivity contribution in [3.8, 4) is 0 Å². The van der Waals surface area contributed by atoms with Crippen LogP contribution in [0.25, 0.3) is 0 Å². The lowest BCUT2D eigenvalue weighted by Gasteiger charge is -2.27. The van der Waals surface area contributed by atoms with Gasteiger partial charge in [0.15, 0.2) is 0 Å². The third-order valence-corrected chi connectivity index (χ3v) is 4.03. The number of carbonyl (C=O) groups excluding carboxylic acids is 1. The maximum absolute atomic E-state index is 12.4. The summed E-state index contributed by atoms with van der Waals surface area (Å²) < 4.78 is 0. The van der Waals surface area contributed by atoms with E-state index in [4.69, 9.17) is 0 Å². The van der Waals surface area contributed by atoms with Crippen LogP contribution in [0, 0.1) is 18.3 Å². The van der Waals surface area contributed by atoms with E-state index >= 15 is 0 Å². The zero-order chi connectivity index (χ0) is 16.0. The smallest absolute Gasteiger partial charge is 0.253 e. The Morgan fingerprint density at radius 2 is 1.95 bits per heavy atom. The van der Waals surface area contributed by atoms with Crippen LogP contribution in [0.2, 0.25) is 0 Å². The highest BCUT2D eigenvalue weighted by molar-refractivity contribution is 5.99. The molecule has 1 aromatic rings. The first-order valence-electron chi connectivity index (χ1n) is 7.88. The second-order valence-corrected chi connectivity index (χ2v) is 6.95. The lowest BCUT2D eigenvalue weighted by atomic mass is 9.82. The second kappa shape index (κ2) is 7.48. The molecule has 1 rings (SSSR count). The minimum Gasteiger partial charge on any atom is -0.384 e. The molecular formula is C18H30N2O. The molecule has 1 atom stereocenters. The van der Waals surface area contributed by atoms with Gasteiger partial charge in [0.1, 0.15) is 0 Å². The summed E-state index contributed by atoms with van der Waals surface area (Å²) in [5.74, 6) is 0.434. The third-order valence-electron chi connectivity index (χ3n) is 4.03. The number of rotatable bonds is 6. The molecule has 0 heterocycles. The normalized spacial score (nSPS) is 12.9. The predicted molar refractivity (Wildman–Crippen MR) is 90.9 cm³/mol. The first-order chi connectivity index (χ1) is 9.75. The third kappa shape index (κ3) is 5.41. The molecule has 1 unspecified atom stereocenters. The highest BCUT2D eigenvalue weighted by Gasteiger charge is 2.21. The topological polar surface area (TPSA) is 41.1 Å². The molecule has 21 heavy (non-hydrogen) atoms. The van der Waals surface area contributed by atoms with Crippen LogP contribution >= 0.6 is 0 Å². The lowest BCUT2D eigenvalue weighted by Crippen LogP contribution is -2.34. The van der Waals surface area contributed by atoms with Gasteiger partial charge >= 0.3 is 0 Å². The molecule has 0 radical (unpaired) electrons. The molecule has 1 aromatic carbocycles. The quantitative estimate of drug-likeness (QED) is 0.823. The van der Waals surface area contributed by atoms with Crippen LogP contribution in [-0.4, -0.2) is 19.0 Å². The summed E-state index contributed by atoms with van der Waals surface area (Å²) in [4.78, 5) is 12.4. The van der Waals surface area contributed by atoms with Crippen LogP contribution in [0.15, 0.2) is 18.2 Å². The number of amides is 1. The van der Waals surface area contributed by atoms with E-state index in [0.29, 0.717) is 12.5 Å². The molecule has 3 heteroatoms. The van der Waals surface area contributed by atoms with E-state index < -0.39 is 0 Å². The lowest BCUT2D eigenvalue weighted by molar-refractivity contribution is 0.0938. The van der Waals surface area contributed by atoms with Gasteiger partial charge in [-0.2, -0.15) is 0 Å². The summed E-state index contributed by atoms with van der Waals surface area (Å²) in [5, 5.41) is 6.40. The van der Waals surface area contributed by atoms with Gasteiger partial charge in [0, 0.05) is 18.8 Å². The number of carbonyl (C=O) groups is 1. The summed E-state index contributed by atoms with van der Waals surface area (Å²) in [6.07, 6.45) is 1.04. The minimum absolute atomic E-state index is 0.00435. The van der Waals surface area contributed by atoms with Gasteiger partial charge in [-0.25, -0.2) is 0 Å². The van der Waals surface area contributed by atoms with Gasteiger partial charge in [-0.05, 0) is 42.4 Å². The van der Waals surface area contributed by atoms with Crippen molar-refractivity contribution in [1.29, 1.82) is 0 Å². The van der Waals surface area contributed by atoms with Gasteiger partial charge in [-0.1, -0.05) is 40.7 Å². The number of nitrogens with one attached hydrogen (secondary N) is 2.